The van der Waals surface area contributed by atoms with Gasteiger partial charge >= 0.3 is 5.69 Å². The highest BCUT2D eigenvalue weighted by Gasteiger charge is 2.32. The molecule has 0 aromatic heterocycles. The highest BCUT2D eigenvalue weighted by Crippen LogP contribution is 2.30. The van der Waals surface area contributed by atoms with Crippen molar-refractivity contribution < 1.29 is 18.1 Å². The number of benzene rings is 1. The van der Waals surface area contributed by atoms with Crippen molar-refractivity contribution in [2.45, 2.75) is 5.92 Å². The molecule has 0 aliphatic heterocycles. The minimum Gasteiger partial charge on any atom is -0.325 e. The van der Waals surface area contributed by atoms with Crippen molar-refractivity contribution in [1.29, 1.82) is 0 Å². The van der Waals surface area contributed by atoms with Crippen LogP contribution in [0.2, 0.25) is 0 Å². The van der Waals surface area contributed by atoms with Gasteiger partial charge in [0, 0.05) is 11.6 Å². The lowest BCUT2D eigenvalue weighted by Crippen LogP contribution is -2.25. The fourth-order valence-electron chi connectivity index (χ4n) is 0.998. The Kier molecular flexibility index (Phi) is 2.94. The van der Waals surface area contributed by atoms with Gasteiger partial charge in [-0.3, -0.25) is 10.1 Å². The predicted octanol–water partition coefficient (Wildman–Crippen LogP) is 1.78. The molecular formula is C8H7F3N2O2. The third kappa shape index (κ3) is 2.24. The topological polar surface area (TPSA) is 69.2 Å². The van der Waals surface area contributed by atoms with Gasteiger partial charge in [0.15, 0.2) is 0 Å². The van der Waals surface area contributed by atoms with Crippen molar-refractivity contribution in [3.8, 4) is 0 Å². The maximum Gasteiger partial charge on any atom is 0.305 e. The van der Waals surface area contributed by atoms with Gasteiger partial charge in [0.2, 0.25) is 5.82 Å². The predicted molar refractivity (Wildman–Crippen MR) is 46.0 cm³/mol. The lowest BCUT2D eigenvalue weighted by Gasteiger charge is -2.13. The molecule has 0 fully saturated rings. The molecule has 4 nitrogen and oxygen atoms in total. The van der Waals surface area contributed by atoms with E-state index in [2.05, 4.69) is 0 Å². The van der Waals surface area contributed by atoms with Crippen LogP contribution in [0, 0.1) is 15.9 Å². The number of nitrogens with zero attached hydrogens (tertiary/aromatic N) is 1. The Hall–Kier alpha value is -1.63. The summed E-state index contributed by atoms with van der Waals surface area (Å²) in [5, 5.41) is 10.3. The van der Waals surface area contributed by atoms with Crippen LogP contribution >= 0.6 is 0 Å². The molecular weight excluding hydrogens is 213 g/mol. The maximum absolute atomic E-state index is 13.0. The number of nitrogens with two attached hydrogens (primary N) is 1. The lowest BCUT2D eigenvalue weighted by atomic mass is 10.1. The smallest absolute Gasteiger partial charge is 0.305 e. The summed E-state index contributed by atoms with van der Waals surface area (Å²) in [5.74, 6) is -4.55. The molecule has 0 bridgehead atoms. The molecule has 1 rings (SSSR count). The van der Waals surface area contributed by atoms with E-state index in [1.165, 1.54) is 0 Å². The summed E-state index contributed by atoms with van der Waals surface area (Å²) in [5.41, 5.74) is 3.13. The second kappa shape index (κ2) is 3.85. The molecule has 0 amide bonds. The van der Waals surface area contributed by atoms with Gasteiger partial charge in [0.05, 0.1) is 11.5 Å². The molecule has 0 aliphatic rings. The monoisotopic (exact) mass is 220 g/mol. The van der Waals surface area contributed by atoms with E-state index in [1.54, 1.807) is 0 Å². The van der Waals surface area contributed by atoms with Gasteiger partial charge in [-0.25, -0.2) is 0 Å². The average Bonchev–Trinajstić information content (AvgIpc) is 2.17. The summed E-state index contributed by atoms with van der Waals surface area (Å²) in [7, 11) is 0. The highest BCUT2D eigenvalue weighted by atomic mass is 19.3. The summed E-state index contributed by atoms with van der Waals surface area (Å²) >= 11 is 0. The van der Waals surface area contributed by atoms with E-state index in [0.717, 1.165) is 6.07 Å². The van der Waals surface area contributed by atoms with Crippen LogP contribution in [0.5, 0.6) is 0 Å². The number of alkyl halides is 2. The van der Waals surface area contributed by atoms with Gasteiger partial charge in [0.25, 0.3) is 5.92 Å². The first-order valence-electron chi connectivity index (χ1n) is 3.91. The van der Waals surface area contributed by atoms with Crippen molar-refractivity contribution >= 4 is 5.69 Å². The second-order valence-electron chi connectivity index (χ2n) is 2.83. The Bertz CT molecular complexity index is 395. The molecule has 1 aromatic carbocycles. The van der Waals surface area contributed by atoms with Crippen LogP contribution in [0.3, 0.4) is 0 Å². The fraction of sp³-hybridized carbons (Fsp3) is 0.250. The standard InChI is InChI=1S/C8H7F3N2O2/c9-6-2-1-5(8(10,11)4-12)3-7(6)13(14)15/h1-3H,4,12H2. The first kappa shape index (κ1) is 11.4. The first-order valence-corrected chi connectivity index (χ1v) is 3.91. The zero-order valence-corrected chi connectivity index (χ0v) is 7.41. The Morgan fingerprint density at radius 2 is 2.07 bits per heavy atom. The Morgan fingerprint density at radius 1 is 1.47 bits per heavy atom. The SMILES string of the molecule is NCC(F)(F)c1ccc(F)c([N+](=O)[O-])c1. The highest BCUT2D eigenvalue weighted by molar-refractivity contribution is 5.38. The third-order valence-corrected chi connectivity index (χ3v) is 1.82. The van der Waals surface area contributed by atoms with Gasteiger partial charge in [-0.2, -0.15) is 13.2 Å². The maximum atomic E-state index is 13.0. The van der Waals surface area contributed by atoms with Gasteiger partial charge in [0.1, 0.15) is 0 Å². The van der Waals surface area contributed by atoms with Crippen LogP contribution in [-0.2, 0) is 5.92 Å². The van der Waals surface area contributed by atoms with Crippen molar-refractivity contribution in [3.05, 3.63) is 39.7 Å². The molecule has 0 heterocycles. The third-order valence-electron chi connectivity index (χ3n) is 1.82. The van der Waals surface area contributed by atoms with Crippen molar-refractivity contribution in [3.63, 3.8) is 0 Å². The first-order chi connectivity index (χ1) is 6.88. The van der Waals surface area contributed by atoms with Crippen LogP contribution in [0.1, 0.15) is 5.56 Å². The van der Waals surface area contributed by atoms with E-state index in [-0.39, 0.29) is 0 Å². The second-order valence-corrected chi connectivity index (χ2v) is 2.83. The molecule has 0 saturated carbocycles. The quantitative estimate of drug-likeness (QED) is 0.623. The Morgan fingerprint density at radius 3 is 2.53 bits per heavy atom. The van der Waals surface area contributed by atoms with E-state index in [0.29, 0.717) is 12.1 Å². The van der Waals surface area contributed by atoms with E-state index in [4.69, 9.17) is 5.73 Å². The van der Waals surface area contributed by atoms with Crippen molar-refractivity contribution in [2.24, 2.45) is 5.73 Å². The van der Waals surface area contributed by atoms with E-state index >= 15 is 0 Å². The number of nitro benzene ring substituents is 1. The zero-order valence-electron chi connectivity index (χ0n) is 7.41. The Balaban J connectivity index is 3.25. The Labute approximate surface area is 82.7 Å². The molecule has 7 heteroatoms. The lowest BCUT2D eigenvalue weighted by molar-refractivity contribution is -0.387. The van der Waals surface area contributed by atoms with Gasteiger partial charge < -0.3 is 5.73 Å². The number of hydrogen-bond acceptors (Lipinski definition) is 3. The summed E-state index contributed by atoms with van der Waals surface area (Å²) in [4.78, 5) is 9.21. The fourth-order valence-corrected chi connectivity index (χ4v) is 0.998. The molecule has 0 aliphatic carbocycles. The van der Waals surface area contributed by atoms with E-state index in [1.807, 2.05) is 0 Å². The van der Waals surface area contributed by atoms with Gasteiger partial charge in [-0.15, -0.1) is 0 Å². The van der Waals surface area contributed by atoms with Crippen LogP contribution in [0.25, 0.3) is 0 Å². The summed E-state index contributed by atoms with van der Waals surface area (Å²) in [6.07, 6.45) is 0. The van der Waals surface area contributed by atoms with Crippen molar-refractivity contribution in [1.82, 2.24) is 0 Å². The minimum atomic E-state index is -3.39. The van der Waals surface area contributed by atoms with Crippen LogP contribution in [0.15, 0.2) is 18.2 Å². The molecule has 0 radical (unpaired) electrons. The van der Waals surface area contributed by atoms with Crippen LogP contribution < -0.4 is 5.73 Å². The van der Waals surface area contributed by atoms with Gasteiger partial charge in [-0.1, -0.05) is 0 Å². The number of hydrogen-bond donors (Lipinski definition) is 1. The molecule has 15 heavy (non-hydrogen) atoms. The van der Waals surface area contributed by atoms with Gasteiger partial charge in [-0.05, 0) is 12.1 Å². The average molecular weight is 220 g/mol. The minimum absolute atomic E-state index is 0.488. The summed E-state index contributed by atoms with van der Waals surface area (Å²) in [6, 6.07) is 1.88. The normalized spacial score (nSPS) is 11.5. The molecule has 1 aromatic rings. The number of nitro groups is 1. The molecule has 0 saturated heterocycles. The van der Waals surface area contributed by atoms with Crippen LogP contribution in [0.4, 0.5) is 18.9 Å². The molecule has 0 unspecified atom stereocenters. The summed E-state index contributed by atoms with van der Waals surface area (Å²) in [6.45, 7) is -0.990. The van der Waals surface area contributed by atoms with E-state index in [9.17, 15) is 23.3 Å². The van der Waals surface area contributed by atoms with Crippen LogP contribution in [-0.4, -0.2) is 11.5 Å². The largest absolute Gasteiger partial charge is 0.325 e. The zero-order chi connectivity index (χ0) is 11.6. The summed E-state index contributed by atoms with van der Waals surface area (Å²) < 4.78 is 38.8. The number of halogens is 3. The van der Waals surface area contributed by atoms with E-state index < -0.39 is 34.5 Å². The molecule has 0 atom stereocenters. The van der Waals surface area contributed by atoms with Crippen molar-refractivity contribution in [2.75, 3.05) is 6.54 Å². The molecule has 2 N–H and O–H groups in total. The molecule has 0 spiro atoms. The number of rotatable bonds is 3. The molecule has 82 valence electrons.